The van der Waals surface area contributed by atoms with Crippen molar-refractivity contribution < 1.29 is 14.7 Å². The van der Waals surface area contributed by atoms with Gasteiger partial charge in [-0.1, -0.05) is 32.0 Å². The molecule has 0 saturated carbocycles. The SMILES string of the molecule is CC(C)(CC(=O)O)CC(=O)N(CCC#N)c1ccccc1. The molecule has 1 rings (SSSR count). The molecule has 0 aromatic heterocycles. The molecule has 1 N–H and O–H groups in total. The van der Waals surface area contributed by atoms with Crippen LogP contribution in [0.2, 0.25) is 0 Å². The van der Waals surface area contributed by atoms with Crippen molar-refractivity contribution in [2.24, 2.45) is 5.41 Å². The summed E-state index contributed by atoms with van der Waals surface area (Å²) in [5.74, 6) is -1.08. The van der Waals surface area contributed by atoms with Crippen LogP contribution >= 0.6 is 0 Å². The van der Waals surface area contributed by atoms with Gasteiger partial charge in [-0.05, 0) is 17.5 Å². The van der Waals surface area contributed by atoms with E-state index in [1.807, 2.05) is 24.3 Å². The fourth-order valence-corrected chi connectivity index (χ4v) is 2.14. The lowest BCUT2D eigenvalue weighted by atomic mass is 9.85. The third kappa shape index (κ3) is 5.65. The molecule has 1 aromatic carbocycles. The molecule has 1 amide bonds. The van der Waals surface area contributed by atoms with Crippen molar-refractivity contribution in [3.63, 3.8) is 0 Å². The number of benzene rings is 1. The average Bonchev–Trinajstić information content (AvgIpc) is 2.38. The molecular formula is C16H20N2O3. The first-order valence-electron chi connectivity index (χ1n) is 6.80. The van der Waals surface area contributed by atoms with Crippen LogP contribution in [0.15, 0.2) is 30.3 Å². The number of amides is 1. The van der Waals surface area contributed by atoms with Gasteiger partial charge in [0.15, 0.2) is 0 Å². The summed E-state index contributed by atoms with van der Waals surface area (Å²) in [6.07, 6.45) is 0.291. The monoisotopic (exact) mass is 288 g/mol. The van der Waals surface area contributed by atoms with Gasteiger partial charge in [0.05, 0.1) is 18.9 Å². The van der Waals surface area contributed by atoms with Crippen molar-refractivity contribution >= 4 is 17.6 Å². The molecule has 0 aliphatic heterocycles. The summed E-state index contributed by atoms with van der Waals surface area (Å²) in [7, 11) is 0. The number of para-hydroxylation sites is 1. The van der Waals surface area contributed by atoms with Gasteiger partial charge in [0, 0.05) is 18.7 Å². The number of anilines is 1. The van der Waals surface area contributed by atoms with Crippen LogP contribution in [0.5, 0.6) is 0 Å². The van der Waals surface area contributed by atoms with Crippen molar-refractivity contribution in [3.05, 3.63) is 30.3 Å². The minimum Gasteiger partial charge on any atom is -0.481 e. The molecule has 5 nitrogen and oxygen atoms in total. The highest BCUT2D eigenvalue weighted by Crippen LogP contribution is 2.27. The van der Waals surface area contributed by atoms with E-state index in [1.54, 1.807) is 30.9 Å². The van der Waals surface area contributed by atoms with Crippen molar-refractivity contribution in [1.29, 1.82) is 5.26 Å². The van der Waals surface area contributed by atoms with Gasteiger partial charge in [0.2, 0.25) is 5.91 Å². The zero-order valence-electron chi connectivity index (χ0n) is 12.4. The fourth-order valence-electron chi connectivity index (χ4n) is 2.14. The van der Waals surface area contributed by atoms with E-state index in [2.05, 4.69) is 0 Å². The highest BCUT2D eigenvalue weighted by Gasteiger charge is 2.28. The Labute approximate surface area is 124 Å². The van der Waals surface area contributed by atoms with Gasteiger partial charge in [0.1, 0.15) is 0 Å². The lowest BCUT2D eigenvalue weighted by Gasteiger charge is -2.27. The van der Waals surface area contributed by atoms with E-state index in [1.165, 1.54) is 0 Å². The predicted molar refractivity (Wildman–Crippen MR) is 79.7 cm³/mol. The Bertz CT molecular complexity index is 532. The number of carboxylic acids is 1. The number of hydrogen-bond donors (Lipinski definition) is 1. The molecule has 0 spiro atoms. The zero-order valence-corrected chi connectivity index (χ0v) is 12.4. The third-order valence-electron chi connectivity index (χ3n) is 3.08. The number of rotatable bonds is 7. The summed E-state index contributed by atoms with van der Waals surface area (Å²) >= 11 is 0. The number of nitriles is 1. The van der Waals surface area contributed by atoms with Gasteiger partial charge in [-0.25, -0.2) is 0 Å². The van der Waals surface area contributed by atoms with E-state index in [0.29, 0.717) is 6.54 Å². The maximum Gasteiger partial charge on any atom is 0.303 e. The lowest BCUT2D eigenvalue weighted by molar-refractivity contribution is -0.139. The van der Waals surface area contributed by atoms with Crippen LogP contribution < -0.4 is 4.90 Å². The zero-order chi connectivity index (χ0) is 15.9. The number of carbonyl (C=O) groups excluding carboxylic acids is 1. The number of hydrogen-bond acceptors (Lipinski definition) is 3. The maximum atomic E-state index is 12.5. The van der Waals surface area contributed by atoms with Crippen molar-refractivity contribution in [2.45, 2.75) is 33.1 Å². The van der Waals surface area contributed by atoms with Crippen LogP contribution in [0.4, 0.5) is 5.69 Å². The molecule has 0 saturated heterocycles. The minimum absolute atomic E-state index is 0.0698. The van der Waals surface area contributed by atoms with Crippen LogP contribution in [0.1, 0.15) is 33.1 Å². The summed E-state index contributed by atoms with van der Waals surface area (Å²) in [6.45, 7) is 3.82. The van der Waals surface area contributed by atoms with E-state index < -0.39 is 11.4 Å². The molecule has 0 radical (unpaired) electrons. The van der Waals surface area contributed by atoms with Crippen molar-refractivity contribution in [3.8, 4) is 6.07 Å². The Morgan fingerprint density at radius 1 is 1.24 bits per heavy atom. The number of carboxylic acid groups (broad SMARTS) is 1. The van der Waals surface area contributed by atoms with Gasteiger partial charge in [0.25, 0.3) is 0 Å². The second kappa shape index (κ2) is 7.44. The average molecular weight is 288 g/mol. The van der Waals surface area contributed by atoms with E-state index in [9.17, 15) is 9.59 Å². The third-order valence-corrected chi connectivity index (χ3v) is 3.08. The van der Waals surface area contributed by atoms with Gasteiger partial charge < -0.3 is 10.0 Å². The van der Waals surface area contributed by atoms with Gasteiger partial charge in [-0.3, -0.25) is 9.59 Å². The Kier molecular flexibility index (Phi) is 5.92. The van der Waals surface area contributed by atoms with E-state index in [4.69, 9.17) is 10.4 Å². The topological polar surface area (TPSA) is 81.4 Å². The van der Waals surface area contributed by atoms with E-state index in [0.717, 1.165) is 5.69 Å². The first-order chi connectivity index (χ1) is 9.85. The lowest BCUT2D eigenvalue weighted by Crippen LogP contribution is -2.35. The predicted octanol–water partition coefficient (Wildman–Crippen LogP) is 2.82. The largest absolute Gasteiger partial charge is 0.481 e. The van der Waals surface area contributed by atoms with Crippen LogP contribution in [0, 0.1) is 16.7 Å². The van der Waals surface area contributed by atoms with Crippen LogP contribution in [-0.2, 0) is 9.59 Å². The second-order valence-electron chi connectivity index (χ2n) is 5.70. The summed E-state index contributed by atoms with van der Waals surface area (Å²) < 4.78 is 0. The van der Waals surface area contributed by atoms with Crippen LogP contribution in [0.25, 0.3) is 0 Å². The van der Waals surface area contributed by atoms with Crippen molar-refractivity contribution in [2.75, 3.05) is 11.4 Å². The number of aliphatic carboxylic acids is 1. The summed E-state index contributed by atoms with van der Waals surface area (Å²) in [5.41, 5.74) is 0.103. The first kappa shape index (κ1) is 16.7. The summed E-state index contributed by atoms with van der Waals surface area (Å²) in [5, 5.41) is 17.6. The molecule has 0 heterocycles. The van der Waals surface area contributed by atoms with Gasteiger partial charge >= 0.3 is 5.97 Å². The van der Waals surface area contributed by atoms with Crippen LogP contribution in [-0.4, -0.2) is 23.5 Å². The fraction of sp³-hybridized carbons (Fsp3) is 0.438. The summed E-state index contributed by atoms with van der Waals surface area (Å²) in [6, 6.07) is 11.1. The van der Waals surface area contributed by atoms with Gasteiger partial charge in [-0.15, -0.1) is 0 Å². The second-order valence-corrected chi connectivity index (χ2v) is 5.70. The molecule has 1 aromatic rings. The molecule has 5 heteroatoms. The highest BCUT2D eigenvalue weighted by molar-refractivity contribution is 5.94. The Morgan fingerprint density at radius 3 is 2.38 bits per heavy atom. The van der Waals surface area contributed by atoms with E-state index >= 15 is 0 Å². The Balaban J connectivity index is 2.86. The normalized spacial score (nSPS) is 10.7. The quantitative estimate of drug-likeness (QED) is 0.836. The van der Waals surface area contributed by atoms with E-state index in [-0.39, 0.29) is 25.2 Å². The highest BCUT2D eigenvalue weighted by atomic mass is 16.4. The molecule has 21 heavy (non-hydrogen) atoms. The molecule has 0 fully saturated rings. The number of carbonyl (C=O) groups is 2. The molecule has 0 aliphatic rings. The molecule has 112 valence electrons. The standard InChI is InChI=1S/C16H20N2O3/c1-16(2,12-15(20)21)11-14(19)18(10-6-9-17)13-7-4-3-5-8-13/h3-5,7-8H,6,10-12H2,1-2H3,(H,20,21). The Morgan fingerprint density at radius 2 is 1.86 bits per heavy atom. The smallest absolute Gasteiger partial charge is 0.303 e. The Hall–Kier alpha value is -2.35. The minimum atomic E-state index is -0.920. The van der Waals surface area contributed by atoms with Crippen molar-refractivity contribution in [1.82, 2.24) is 0 Å². The maximum absolute atomic E-state index is 12.5. The molecule has 0 aliphatic carbocycles. The summed E-state index contributed by atoms with van der Waals surface area (Å²) in [4.78, 5) is 24.9. The molecular weight excluding hydrogens is 268 g/mol. The molecule has 0 bridgehead atoms. The molecule has 0 atom stereocenters. The first-order valence-corrected chi connectivity index (χ1v) is 6.80. The van der Waals surface area contributed by atoms with Gasteiger partial charge in [-0.2, -0.15) is 5.26 Å². The number of nitrogens with zero attached hydrogens (tertiary/aromatic N) is 2. The molecule has 0 unspecified atom stereocenters. The van der Waals surface area contributed by atoms with Crippen LogP contribution in [0.3, 0.4) is 0 Å².